The number of hydrogen-bond donors (Lipinski definition) is 0. The van der Waals surface area contributed by atoms with Crippen LogP contribution in [0.1, 0.15) is 28.4 Å². The van der Waals surface area contributed by atoms with Crippen molar-refractivity contribution in [2.45, 2.75) is 20.5 Å². The maximum atomic E-state index is 11.8. The summed E-state index contributed by atoms with van der Waals surface area (Å²) in [5.41, 5.74) is 4.62. The fourth-order valence-electron chi connectivity index (χ4n) is 3.02. The molecule has 0 bridgehead atoms. The minimum absolute atomic E-state index is 0.358. The molecule has 1 aliphatic rings. The van der Waals surface area contributed by atoms with Gasteiger partial charge in [0.1, 0.15) is 24.7 Å². The highest BCUT2D eigenvalue weighted by atomic mass is 16.5. The molecule has 0 aromatic heterocycles. The molecule has 0 fully saturated rings. The van der Waals surface area contributed by atoms with Crippen LogP contribution in [0.15, 0.2) is 30.3 Å². The number of methoxy groups -OCH3 is 1. The van der Waals surface area contributed by atoms with E-state index in [1.165, 1.54) is 7.11 Å². The minimum atomic E-state index is -0.358. The Labute approximate surface area is 147 Å². The molecule has 3 rings (SSSR count). The molecule has 5 heteroatoms. The van der Waals surface area contributed by atoms with Crippen LogP contribution in [-0.4, -0.2) is 32.9 Å². The molecular formula is C20H22O5. The Morgan fingerprint density at radius 1 is 1.20 bits per heavy atom. The first kappa shape index (κ1) is 17.3. The van der Waals surface area contributed by atoms with Gasteiger partial charge in [-0.25, -0.2) is 4.79 Å². The zero-order chi connectivity index (χ0) is 17.8. The molecule has 0 saturated carbocycles. The Hall–Kier alpha value is -2.53. The summed E-state index contributed by atoms with van der Waals surface area (Å²) < 4.78 is 21.7. The van der Waals surface area contributed by atoms with Gasteiger partial charge in [0.25, 0.3) is 0 Å². The predicted molar refractivity (Wildman–Crippen MR) is 94.3 cm³/mol. The van der Waals surface area contributed by atoms with Gasteiger partial charge >= 0.3 is 5.97 Å². The number of benzene rings is 2. The van der Waals surface area contributed by atoms with Gasteiger partial charge in [0, 0.05) is 17.7 Å². The summed E-state index contributed by atoms with van der Waals surface area (Å²) in [5.74, 6) is 1.21. The molecule has 0 N–H and O–H groups in total. The number of carbonyl (C=O) groups is 1. The third-order valence-electron chi connectivity index (χ3n) is 4.14. The van der Waals surface area contributed by atoms with Crippen LogP contribution in [0, 0.1) is 6.92 Å². The fourth-order valence-corrected chi connectivity index (χ4v) is 3.02. The summed E-state index contributed by atoms with van der Waals surface area (Å²) in [6, 6.07) is 9.35. The molecule has 25 heavy (non-hydrogen) atoms. The molecule has 1 aliphatic heterocycles. The Bertz CT molecular complexity index is 782. The van der Waals surface area contributed by atoms with Crippen LogP contribution in [0.2, 0.25) is 0 Å². The minimum Gasteiger partial charge on any atom is -0.491 e. The maximum absolute atomic E-state index is 11.8. The van der Waals surface area contributed by atoms with Crippen molar-refractivity contribution >= 4 is 5.97 Å². The summed E-state index contributed by atoms with van der Waals surface area (Å²) in [6.07, 6.45) is 0. The van der Waals surface area contributed by atoms with Crippen molar-refractivity contribution < 1.29 is 23.7 Å². The number of ether oxygens (including phenoxy) is 4. The molecular weight excluding hydrogens is 320 g/mol. The van der Waals surface area contributed by atoms with Crippen LogP contribution in [0.25, 0.3) is 11.1 Å². The van der Waals surface area contributed by atoms with Gasteiger partial charge in [0.15, 0.2) is 0 Å². The lowest BCUT2D eigenvalue weighted by molar-refractivity contribution is 0.0600. The zero-order valence-corrected chi connectivity index (χ0v) is 14.8. The highest BCUT2D eigenvalue weighted by Crippen LogP contribution is 2.41. The number of rotatable bonds is 6. The van der Waals surface area contributed by atoms with Crippen LogP contribution in [0.5, 0.6) is 11.5 Å². The lowest BCUT2D eigenvalue weighted by atomic mass is 9.91. The Morgan fingerprint density at radius 3 is 2.80 bits per heavy atom. The van der Waals surface area contributed by atoms with Crippen molar-refractivity contribution in [3.05, 3.63) is 47.0 Å². The normalized spacial score (nSPS) is 12.0. The van der Waals surface area contributed by atoms with Gasteiger partial charge in [-0.05, 0) is 55.3 Å². The molecule has 0 aliphatic carbocycles. The van der Waals surface area contributed by atoms with Crippen molar-refractivity contribution in [1.29, 1.82) is 0 Å². The molecule has 0 unspecified atom stereocenters. The van der Waals surface area contributed by atoms with Crippen LogP contribution >= 0.6 is 0 Å². The molecule has 0 radical (unpaired) electrons. The predicted octanol–water partition coefficient (Wildman–Crippen LogP) is 3.76. The molecule has 0 spiro atoms. The summed E-state index contributed by atoms with van der Waals surface area (Å²) in [7, 11) is 1.38. The third-order valence-corrected chi connectivity index (χ3v) is 4.14. The van der Waals surface area contributed by atoms with E-state index in [-0.39, 0.29) is 5.97 Å². The van der Waals surface area contributed by atoms with Crippen molar-refractivity contribution in [1.82, 2.24) is 0 Å². The first-order chi connectivity index (χ1) is 12.1. The molecule has 2 aromatic rings. The maximum Gasteiger partial charge on any atom is 0.337 e. The van der Waals surface area contributed by atoms with Crippen LogP contribution in [0.4, 0.5) is 0 Å². The second kappa shape index (κ2) is 7.57. The van der Waals surface area contributed by atoms with E-state index in [0.29, 0.717) is 32.0 Å². The van der Waals surface area contributed by atoms with Crippen molar-refractivity contribution in [3.63, 3.8) is 0 Å². The Balaban J connectivity index is 1.92. The average Bonchev–Trinajstić information content (AvgIpc) is 2.63. The highest BCUT2D eigenvalue weighted by molar-refractivity contribution is 5.92. The molecule has 2 aromatic carbocycles. The zero-order valence-electron chi connectivity index (χ0n) is 14.8. The molecule has 0 saturated heterocycles. The average molecular weight is 342 g/mol. The molecule has 0 amide bonds. The van der Waals surface area contributed by atoms with Gasteiger partial charge in [-0.1, -0.05) is 0 Å². The van der Waals surface area contributed by atoms with Gasteiger partial charge in [-0.3, -0.25) is 0 Å². The number of aryl methyl sites for hydroxylation is 1. The Kier molecular flexibility index (Phi) is 5.24. The van der Waals surface area contributed by atoms with Crippen LogP contribution in [-0.2, 0) is 16.1 Å². The molecule has 1 heterocycles. The van der Waals surface area contributed by atoms with Crippen LogP contribution in [0.3, 0.4) is 0 Å². The van der Waals surface area contributed by atoms with Gasteiger partial charge in [0.2, 0.25) is 0 Å². The number of hydrogen-bond acceptors (Lipinski definition) is 5. The van der Waals surface area contributed by atoms with E-state index in [2.05, 4.69) is 0 Å². The number of esters is 1. The second-order valence-corrected chi connectivity index (χ2v) is 5.81. The molecule has 5 nitrogen and oxygen atoms in total. The van der Waals surface area contributed by atoms with Crippen LogP contribution < -0.4 is 9.47 Å². The van der Waals surface area contributed by atoms with E-state index in [0.717, 1.165) is 33.8 Å². The van der Waals surface area contributed by atoms with Crippen molar-refractivity contribution in [2.24, 2.45) is 0 Å². The lowest BCUT2D eigenvalue weighted by Gasteiger charge is -2.24. The van der Waals surface area contributed by atoms with Gasteiger partial charge < -0.3 is 18.9 Å². The topological polar surface area (TPSA) is 54.0 Å². The highest BCUT2D eigenvalue weighted by Gasteiger charge is 2.22. The summed E-state index contributed by atoms with van der Waals surface area (Å²) in [5, 5.41) is 0. The molecule has 132 valence electrons. The molecule has 0 atom stereocenters. The smallest absolute Gasteiger partial charge is 0.337 e. The van der Waals surface area contributed by atoms with E-state index in [1.807, 2.05) is 38.1 Å². The standard InChI is InChI=1S/C20H22O5/c1-4-23-7-8-24-16-9-13(2)19-15(10-16)12-25-18-6-5-14(11-17(18)19)20(21)22-3/h5-6,9-11H,4,7-8,12H2,1-3H3. The van der Waals surface area contributed by atoms with Crippen molar-refractivity contribution in [3.8, 4) is 22.6 Å². The van der Waals surface area contributed by atoms with E-state index in [1.54, 1.807) is 6.07 Å². The van der Waals surface area contributed by atoms with Gasteiger partial charge in [-0.15, -0.1) is 0 Å². The second-order valence-electron chi connectivity index (χ2n) is 5.81. The first-order valence-corrected chi connectivity index (χ1v) is 8.33. The van der Waals surface area contributed by atoms with E-state index in [9.17, 15) is 4.79 Å². The lowest BCUT2D eigenvalue weighted by Crippen LogP contribution is -2.11. The summed E-state index contributed by atoms with van der Waals surface area (Å²) >= 11 is 0. The van der Waals surface area contributed by atoms with Crippen molar-refractivity contribution in [2.75, 3.05) is 26.9 Å². The van der Waals surface area contributed by atoms with Gasteiger partial charge in [0.05, 0.1) is 19.3 Å². The number of fused-ring (bicyclic) bond motifs is 3. The summed E-state index contributed by atoms with van der Waals surface area (Å²) in [4.78, 5) is 11.8. The fraction of sp³-hybridized carbons (Fsp3) is 0.350. The number of carbonyl (C=O) groups excluding carboxylic acids is 1. The largest absolute Gasteiger partial charge is 0.491 e. The SMILES string of the molecule is CCOCCOc1cc(C)c2c(c1)COc1ccc(C(=O)OC)cc1-2. The third kappa shape index (κ3) is 3.61. The Morgan fingerprint density at radius 2 is 2.04 bits per heavy atom. The van der Waals surface area contributed by atoms with E-state index >= 15 is 0 Å². The van der Waals surface area contributed by atoms with Gasteiger partial charge in [-0.2, -0.15) is 0 Å². The first-order valence-electron chi connectivity index (χ1n) is 8.33. The quantitative estimate of drug-likeness (QED) is 0.591. The summed E-state index contributed by atoms with van der Waals surface area (Å²) in [6.45, 7) is 6.22. The van der Waals surface area contributed by atoms with E-state index in [4.69, 9.17) is 18.9 Å². The monoisotopic (exact) mass is 342 g/mol. The van der Waals surface area contributed by atoms with E-state index < -0.39 is 0 Å².